The minimum absolute atomic E-state index is 0.0155. The van der Waals surface area contributed by atoms with Crippen LogP contribution in [0.4, 0.5) is 0 Å². The molecule has 0 aromatic rings. The highest BCUT2D eigenvalue weighted by Crippen LogP contribution is 1.99. The van der Waals surface area contributed by atoms with Gasteiger partial charge in [0.1, 0.15) is 0 Å². The third-order valence-electron chi connectivity index (χ3n) is 2.18. The highest BCUT2D eigenvalue weighted by atomic mass is 16.2. The molecular weight excluding hydrogens is 194 g/mol. The van der Waals surface area contributed by atoms with Gasteiger partial charge in [-0.15, -0.1) is 0 Å². The molecule has 1 unspecified atom stereocenters. The quantitative estimate of drug-likeness (QED) is 0.631. The van der Waals surface area contributed by atoms with Gasteiger partial charge in [0.2, 0.25) is 11.8 Å². The molecule has 0 radical (unpaired) electrons. The van der Waals surface area contributed by atoms with Crippen molar-refractivity contribution >= 4 is 11.8 Å². The molecule has 0 aromatic carbocycles. The molecular formula is C10H21N3O2. The molecule has 0 fully saturated rings. The summed E-state index contributed by atoms with van der Waals surface area (Å²) in [5, 5.41) is 2.71. The molecule has 88 valence electrons. The predicted octanol–water partition coefficient (Wildman–Crippen LogP) is -0.434. The van der Waals surface area contributed by atoms with E-state index in [4.69, 9.17) is 5.73 Å². The standard InChI is InChI=1S/C10H21N3O2/c1-8(4-6-11)10(15)12-7-5-9(14)13(2)3/h8H,4-7,11H2,1-3H3,(H,12,15). The largest absolute Gasteiger partial charge is 0.355 e. The molecule has 5 nitrogen and oxygen atoms in total. The summed E-state index contributed by atoms with van der Waals surface area (Å²) in [4.78, 5) is 24.1. The normalized spacial score (nSPS) is 12.0. The lowest BCUT2D eigenvalue weighted by Crippen LogP contribution is -2.33. The van der Waals surface area contributed by atoms with Gasteiger partial charge in [0.05, 0.1) is 0 Å². The predicted molar refractivity (Wildman–Crippen MR) is 59.2 cm³/mol. The minimum atomic E-state index is -0.0792. The molecule has 15 heavy (non-hydrogen) atoms. The van der Waals surface area contributed by atoms with Crippen molar-refractivity contribution < 1.29 is 9.59 Å². The van der Waals surface area contributed by atoms with Crippen molar-refractivity contribution in [1.29, 1.82) is 0 Å². The maximum atomic E-state index is 11.4. The van der Waals surface area contributed by atoms with Crippen LogP contribution in [0.5, 0.6) is 0 Å². The van der Waals surface area contributed by atoms with E-state index in [9.17, 15) is 9.59 Å². The lowest BCUT2D eigenvalue weighted by molar-refractivity contribution is -0.129. The molecule has 0 heterocycles. The third kappa shape index (κ3) is 6.06. The monoisotopic (exact) mass is 215 g/mol. The number of hydrogen-bond donors (Lipinski definition) is 2. The molecule has 0 aliphatic rings. The first-order valence-corrected chi connectivity index (χ1v) is 5.17. The molecule has 0 saturated carbocycles. The molecule has 5 heteroatoms. The second kappa shape index (κ2) is 7.23. The van der Waals surface area contributed by atoms with Crippen LogP contribution in [-0.4, -0.2) is 43.9 Å². The summed E-state index contributed by atoms with van der Waals surface area (Å²) >= 11 is 0. The second-order valence-corrected chi connectivity index (χ2v) is 3.81. The van der Waals surface area contributed by atoms with Gasteiger partial charge in [0, 0.05) is 33.0 Å². The van der Waals surface area contributed by atoms with Crippen LogP contribution in [0.3, 0.4) is 0 Å². The maximum Gasteiger partial charge on any atom is 0.223 e. The Labute approximate surface area is 91.0 Å². The van der Waals surface area contributed by atoms with E-state index in [1.165, 1.54) is 4.90 Å². The summed E-state index contributed by atoms with van der Waals surface area (Å²) in [5.41, 5.74) is 5.34. The minimum Gasteiger partial charge on any atom is -0.355 e. The zero-order valence-electron chi connectivity index (χ0n) is 9.75. The van der Waals surface area contributed by atoms with Crippen molar-refractivity contribution in [2.45, 2.75) is 19.8 Å². The highest BCUT2D eigenvalue weighted by Gasteiger charge is 2.11. The van der Waals surface area contributed by atoms with Crippen molar-refractivity contribution in [3.63, 3.8) is 0 Å². The lowest BCUT2D eigenvalue weighted by atomic mass is 10.1. The van der Waals surface area contributed by atoms with Crippen LogP contribution >= 0.6 is 0 Å². The number of nitrogens with one attached hydrogen (secondary N) is 1. The first-order valence-electron chi connectivity index (χ1n) is 5.17. The van der Waals surface area contributed by atoms with Crippen molar-refractivity contribution in [3.05, 3.63) is 0 Å². The van der Waals surface area contributed by atoms with Gasteiger partial charge in [-0.1, -0.05) is 6.92 Å². The van der Waals surface area contributed by atoms with Gasteiger partial charge in [0.25, 0.3) is 0 Å². The average molecular weight is 215 g/mol. The van der Waals surface area contributed by atoms with Gasteiger partial charge < -0.3 is 16.0 Å². The van der Waals surface area contributed by atoms with E-state index in [0.29, 0.717) is 25.9 Å². The summed E-state index contributed by atoms with van der Waals surface area (Å²) in [6.45, 7) is 2.73. The molecule has 0 spiro atoms. The zero-order chi connectivity index (χ0) is 11.8. The van der Waals surface area contributed by atoms with E-state index >= 15 is 0 Å². The number of carbonyl (C=O) groups excluding carboxylic acids is 2. The Kier molecular flexibility index (Phi) is 6.70. The SMILES string of the molecule is CC(CCN)C(=O)NCCC(=O)N(C)C. The smallest absolute Gasteiger partial charge is 0.223 e. The van der Waals surface area contributed by atoms with Gasteiger partial charge >= 0.3 is 0 Å². The van der Waals surface area contributed by atoms with E-state index < -0.39 is 0 Å². The number of nitrogens with two attached hydrogens (primary N) is 1. The van der Waals surface area contributed by atoms with Crippen molar-refractivity contribution in [3.8, 4) is 0 Å². The van der Waals surface area contributed by atoms with Gasteiger partial charge in [-0.2, -0.15) is 0 Å². The lowest BCUT2D eigenvalue weighted by Gasteiger charge is -2.12. The van der Waals surface area contributed by atoms with E-state index in [1.807, 2.05) is 6.92 Å². The van der Waals surface area contributed by atoms with Gasteiger partial charge in [-0.3, -0.25) is 9.59 Å². The van der Waals surface area contributed by atoms with Crippen LogP contribution in [0.1, 0.15) is 19.8 Å². The third-order valence-corrected chi connectivity index (χ3v) is 2.18. The van der Waals surface area contributed by atoms with Gasteiger partial charge in [-0.05, 0) is 13.0 Å². The molecule has 0 rings (SSSR count). The van der Waals surface area contributed by atoms with E-state index in [2.05, 4.69) is 5.32 Å². The molecule has 0 aliphatic heterocycles. The Balaban J connectivity index is 3.68. The first kappa shape index (κ1) is 13.9. The van der Waals surface area contributed by atoms with Gasteiger partial charge in [-0.25, -0.2) is 0 Å². The number of nitrogens with zero attached hydrogens (tertiary/aromatic N) is 1. The Morgan fingerprint density at radius 2 is 2.00 bits per heavy atom. The van der Waals surface area contributed by atoms with Crippen LogP contribution < -0.4 is 11.1 Å². The van der Waals surface area contributed by atoms with Crippen LogP contribution in [-0.2, 0) is 9.59 Å². The van der Waals surface area contributed by atoms with E-state index in [0.717, 1.165) is 0 Å². The fraction of sp³-hybridized carbons (Fsp3) is 0.800. The Morgan fingerprint density at radius 3 is 2.47 bits per heavy atom. The molecule has 2 amide bonds. The molecule has 3 N–H and O–H groups in total. The first-order chi connectivity index (χ1) is 6.99. The highest BCUT2D eigenvalue weighted by molar-refractivity contribution is 5.80. The van der Waals surface area contributed by atoms with Crippen LogP contribution in [0, 0.1) is 5.92 Å². The Bertz CT molecular complexity index is 217. The molecule has 0 saturated heterocycles. The fourth-order valence-corrected chi connectivity index (χ4v) is 1.07. The Hall–Kier alpha value is -1.10. The number of rotatable bonds is 6. The molecule has 0 aromatic heterocycles. The van der Waals surface area contributed by atoms with Crippen LogP contribution in [0.25, 0.3) is 0 Å². The maximum absolute atomic E-state index is 11.4. The summed E-state index contributed by atoms with van der Waals surface area (Å²) in [6, 6.07) is 0. The summed E-state index contributed by atoms with van der Waals surface area (Å²) in [5.74, 6) is -0.0988. The van der Waals surface area contributed by atoms with E-state index in [1.54, 1.807) is 14.1 Å². The van der Waals surface area contributed by atoms with Crippen LogP contribution in [0.15, 0.2) is 0 Å². The summed E-state index contributed by atoms with van der Waals surface area (Å²) in [7, 11) is 3.39. The summed E-state index contributed by atoms with van der Waals surface area (Å²) in [6.07, 6.45) is 1.02. The number of carbonyl (C=O) groups is 2. The number of hydrogen-bond acceptors (Lipinski definition) is 3. The average Bonchev–Trinajstić information content (AvgIpc) is 2.17. The van der Waals surface area contributed by atoms with Crippen molar-refractivity contribution in [2.75, 3.05) is 27.2 Å². The topological polar surface area (TPSA) is 75.4 Å². The van der Waals surface area contributed by atoms with Crippen molar-refractivity contribution in [1.82, 2.24) is 10.2 Å². The number of amides is 2. The molecule has 1 atom stereocenters. The zero-order valence-corrected chi connectivity index (χ0v) is 9.75. The van der Waals surface area contributed by atoms with Gasteiger partial charge in [0.15, 0.2) is 0 Å². The second-order valence-electron chi connectivity index (χ2n) is 3.81. The summed E-state index contributed by atoms with van der Waals surface area (Å²) < 4.78 is 0. The Morgan fingerprint density at radius 1 is 1.40 bits per heavy atom. The molecule has 0 aliphatic carbocycles. The molecule has 0 bridgehead atoms. The van der Waals surface area contributed by atoms with E-state index in [-0.39, 0.29) is 17.7 Å². The fourth-order valence-electron chi connectivity index (χ4n) is 1.07. The van der Waals surface area contributed by atoms with Crippen LogP contribution in [0.2, 0.25) is 0 Å². The van der Waals surface area contributed by atoms with Crippen molar-refractivity contribution in [2.24, 2.45) is 11.7 Å².